The van der Waals surface area contributed by atoms with E-state index in [9.17, 15) is 22.8 Å². The van der Waals surface area contributed by atoms with Gasteiger partial charge < -0.3 is 10.6 Å². The third kappa shape index (κ3) is 5.65. The number of amides is 2. The Bertz CT molecular complexity index is 1340. The van der Waals surface area contributed by atoms with Crippen LogP contribution >= 0.6 is 0 Å². The molecule has 0 radical (unpaired) electrons. The molecule has 186 valence electrons. The summed E-state index contributed by atoms with van der Waals surface area (Å²) in [5.74, 6) is 0.101. The van der Waals surface area contributed by atoms with Crippen molar-refractivity contribution in [3.05, 3.63) is 112 Å². The number of hydrogen-bond donors (Lipinski definition) is 2. The average molecular weight is 496 g/mol. The van der Waals surface area contributed by atoms with E-state index in [-0.39, 0.29) is 30.5 Å². The molecule has 3 aromatic carbocycles. The number of nitrogens with zero attached hydrogens (tertiary/aromatic N) is 3. The van der Waals surface area contributed by atoms with Gasteiger partial charge in [0.15, 0.2) is 5.82 Å². The lowest BCUT2D eigenvalue weighted by Crippen LogP contribution is -2.40. The van der Waals surface area contributed by atoms with E-state index < -0.39 is 23.5 Å². The molecule has 36 heavy (non-hydrogen) atoms. The normalized spacial score (nSPS) is 11.5. The number of aromatic nitrogens is 3. The second-order valence-electron chi connectivity index (χ2n) is 8.12. The molecule has 0 saturated carbocycles. The first-order chi connectivity index (χ1) is 17.2. The first-order valence-electron chi connectivity index (χ1n) is 11.2. The molecule has 2 amide bonds. The smallest absolute Gasteiger partial charge is 0.336 e. The summed E-state index contributed by atoms with van der Waals surface area (Å²) in [6, 6.07) is 22.8. The lowest BCUT2D eigenvalue weighted by molar-refractivity contribution is -0.137. The molecule has 0 fully saturated rings. The van der Waals surface area contributed by atoms with Gasteiger partial charge >= 0.3 is 17.9 Å². The summed E-state index contributed by atoms with van der Waals surface area (Å²) in [7, 11) is 1.44. The number of carbonyl (C=O) groups excluding carboxylic acids is 1. The molecule has 1 heterocycles. The standard InChI is InChI=1S/C26H24F3N5O2/c1-33-23(20-13-8-14-21(17-20)26(27,28)29)32-34(25(33)36)16-15-30-24(35)31-22(18-9-4-2-5-10-18)19-11-6-3-7-12-19/h2-14,17,22H,15-16H2,1H3,(H2,30,31,35). The van der Waals surface area contributed by atoms with E-state index in [1.165, 1.54) is 23.7 Å². The minimum atomic E-state index is -4.51. The van der Waals surface area contributed by atoms with Crippen molar-refractivity contribution >= 4 is 6.03 Å². The lowest BCUT2D eigenvalue weighted by Gasteiger charge is -2.20. The Morgan fingerprint density at radius 3 is 2.14 bits per heavy atom. The zero-order chi connectivity index (χ0) is 25.7. The van der Waals surface area contributed by atoms with Crippen molar-refractivity contribution < 1.29 is 18.0 Å². The van der Waals surface area contributed by atoms with Crippen LogP contribution in [0.5, 0.6) is 0 Å². The number of benzene rings is 3. The van der Waals surface area contributed by atoms with Crippen LogP contribution in [0.1, 0.15) is 22.7 Å². The van der Waals surface area contributed by atoms with Gasteiger partial charge in [-0.2, -0.15) is 13.2 Å². The molecular weight excluding hydrogens is 471 g/mol. The maximum absolute atomic E-state index is 13.1. The third-order valence-corrected chi connectivity index (χ3v) is 5.64. The van der Waals surface area contributed by atoms with Gasteiger partial charge in [-0.15, -0.1) is 5.10 Å². The Labute approximate surface area is 205 Å². The Hall–Kier alpha value is -4.34. The van der Waals surface area contributed by atoms with E-state index in [4.69, 9.17) is 0 Å². The fraction of sp³-hybridized carbons (Fsp3) is 0.192. The maximum Gasteiger partial charge on any atom is 0.416 e. The highest BCUT2D eigenvalue weighted by atomic mass is 19.4. The van der Waals surface area contributed by atoms with Gasteiger partial charge in [-0.25, -0.2) is 14.3 Å². The van der Waals surface area contributed by atoms with E-state index in [2.05, 4.69) is 15.7 Å². The zero-order valence-electron chi connectivity index (χ0n) is 19.4. The number of urea groups is 1. The summed E-state index contributed by atoms with van der Waals surface area (Å²) < 4.78 is 41.5. The van der Waals surface area contributed by atoms with Crippen LogP contribution in [0.3, 0.4) is 0 Å². The van der Waals surface area contributed by atoms with Crippen molar-refractivity contribution in [3.8, 4) is 11.4 Å². The van der Waals surface area contributed by atoms with Crippen molar-refractivity contribution in [1.29, 1.82) is 0 Å². The molecule has 1 aromatic heterocycles. The molecule has 2 N–H and O–H groups in total. The van der Waals surface area contributed by atoms with Gasteiger partial charge in [0, 0.05) is 19.2 Å². The van der Waals surface area contributed by atoms with Crippen molar-refractivity contribution in [1.82, 2.24) is 25.0 Å². The van der Waals surface area contributed by atoms with Crippen LogP contribution in [0.15, 0.2) is 89.7 Å². The quantitative estimate of drug-likeness (QED) is 0.400. The molecule has 0 bridgehead atoms. The second kappa shape index (κ2) is 10.5. The van der Waals surface area contributed by atoms with Gasteiger partial charge in [0.05, 0.1) is 18.2 Å². The zero-order valence-corrected chi connectivity index (χ0v) is 19.4. The van der Waals surface area contributed by atoms with Gasteiger partial charge in [0.2, 0.25) is 0 Å². The topological polar surface area (TPSA) is 81.0 Å². The van der Waals surface area contributed by atoms with Crippen LogP contribution in [0, 0.1) is 0 Å². The van der Waals surface area contributed by atoms with Crippen molar-refractivity contribution in [2.24, 2.45) is 7.05 Å². The summed E-state index contributed by atoms with van der Waals surface area (Å²) in [5, 5.41) is 9.85. The summed E-state index contributed by atoms with van der Waals surface area (Å²) in [6.07, 6.45) is -4.51. The van der Waals surface area contributed by atoms with E-state index in [1.54, 1.807) is 0 Å². The number of nitrogens with one attached hydrogen (secondary N) is 2. The SMILES string of the molecule is Cn1c(-c2cccc(C(F)(F)F)c2)nn(CCNC(=O)NC(c2ccccc2)c2ccccc2)c1=O. The minimum Gasteiger partial charge on any atom is -0.336 e. The van der Waals surface area contributed by atoms with Gasteiger partial charge in [-0.05, 0) is 23.3 Å². The number of hydrogen-bond acceptors (Lipinski definition) is 3. The highest BCUT2D eigenvalue weighted by Crippen LogP contribution is 2.31. The van der Waals surface area contributed by atoms with E-state index in [0.29, 0.717) is 0 Å². The molecule has 10 heteroatoms. The van der Waals surface area contributed by atoms with Crippen LogP contribution in [0.4, 0.5) is 18.0 Å². The van der Waals surface area contributed by atoms with Crippen molar-refractivity contribution in [3.63, 3.8) is 0 Å². The summed E-state index contributed by atoms with van der Waals surface area (Å²) in [5.41, 5.74) is 0.654. The summed E-state index contributed by atoms with van der Waals surface area (Å²) in [4.78, 5) is 25.2. The Morgan fingerprint density at radius 2 is 1.56 bits per heavy atom. The van der Waals surface area contributed by atoms with E-state index in [0.717, 1.165) is 27.9 Å². The van der Waals surface area contributed by atoms with Crippen molar-refractivity contribution in [2.45, 2.75) is 18.8 Å². The van der Waals surface area contributed by atoms with Gasteiger partial charge in [-0.1, -0.05) is 72.8 Å². The fourth-order valence-corrected chi connectivity index (χ4v) is 3.83. The summed E-state index contributed by atoms with van der Waals surface area (Å²) in [6.45, 7) is 0.126. The molecule has 0 aliphatic rings. The Kier molecular flexibility index (Phi) is 7.23. The average Bonchev–Trinajstić information content (AvgIpc) is 3.16. The molecule has 0 atom stereocenters. The molecule has 7 nitrogen and oxygen atoms in total. The molecule has 0 saturated heterocycles. The van der Waals surface area contributed by atoms with Gasteiger partial charge in [-0.3, -0.25) is 4.57 Å². The predicted molar refractivity (Wildman–Crippen MR) is 129 cm³/mol. The third-order valence-electron chi connectivity index (χ3n) is 5.64. The van der Waals surface area contributed by atoms with E-state index in [1.807, 2.05) is 60.7 Å². The molecule has 0 aliphatic carbocycles. The van der Waals surface area contributed by atoms with Crippen LogP contribution < -0.4 is 16.3 Å². The number of carbonyl (C=O) groups is 1. The largest absolute Gasteiger partial charge is 0.416 e. The monoisotopic (exact) mass is 495 g/mol. The highest BCUT2D eigenvalue weighted by molar-refractivity contribution is 5.75. The van der Waals surface area contributed by atoms with Gasteiger partial charge in [0.1, 0.15) is 0 Å². The van der Waals surface area contributed by atoms with Gasteiger partial charge in [0.25, 0.3) is 0 Å². The Balaban J connectivity index is 1.43. The second-order valence-corrected chi connectivity index (χ2v) is 8.12. The molecular formula is C26H24F3N5O2. The Morgan fingerprint density at radius 1 is 0.944 bits per heavy atom. The molecule has 4 rings (SSSR count). The van der Waals surface area contributed by atoms with Crippen LogP contribution in [0.25, 0.3) is 11.4 Å². The fourth-order valence-electron chi connectivity index (χ4n) is 3.83. The lowest BCUT2D eigenvalue weighted by atomic mass is 9.99. The van der Waals surface area contributed by atoms with E-state index >= 15 is 0 Å². The summed E-state index contributed by atoms with van der Waals surface area (Å²) >= 11 is 0. The first kappa shape index (κ1) is 24.8. The van der Waals surface area contributed by atoms with Crippen molar-refractivity contribution in [2.75, 3.05) is 6.54 Å². The number of rotatable bonds is 7. The van der Waals surface area contributed by atoms with Crippen LogP contribution in [0.2, 0.25) is 0 Å². The first-order valence-corrected chi connectivity index (χ1v) is 11.2. The predicted octanol–water partition coefficient (Wildman–Crippen LogP) is 4.36. The number of alkyl halides is 3. The van der Waals surface area contributed by atoms with Crippen LogP contribution in [-0.2, 0) is 19.8 Å². The minimum absolute atomic E-state index is 0.0421. The molecule has 0 unspecified atom stereocenters. The molecule has 0 aliphatic heterocycles. The maximum atomic E-state index is 13.1. The molecule has 4 aromatic rings. The molecule has 0 spiro atoms. The van der Waals surface area contributed by atoms with Crippen LogP contribution in [-0.4, -0.2) is 26.9 Å². The highest BCUT2D eigenvalue weighted by Gasteiger charge is 2.31. The number of halogens is 3.